The molecule has 1 atom stereocenters. The van der Waals surface area contributed by atoms with Crippen LogP contribution < -0.4 is 16.0 Å². The molecule has 0 unspecified atom stereocenters. The zero-order valence-corrected chi connectivity index (χ0v) is 9.95. The molecule has 6 heteroatoms. The summed E-state index contributed by atoms with van der Waals surface area (Å²) in [6.07, 6.45) is 1.54. The van der Waals surface area contributed by atoms with Gasteiger partial charge in [0.15, 0.2) is 0 Å². The molecule has 1 rings (SSSR count). The quantitative estimate of drug-likeness (QED) is 0.703. The number of carbonyl (C=O) groups is 2. The fourth-order valence-electron chi connectivity index (χ4n) is 1.21. The Kier molecular flexibility index (Phi) is 5.06. The van der Waals surface area contributed by atoms with Gasteiger partial charge in [-0.1, -0.05) is 0 Å². The summed E-state index contributed by atoms with van der Waals surface area (Å²) in [5.41, 5.74) is 0. The van der Waals surface area contributed by atoms with Gasteiger partial charge in [0.05, 0.1) is 12.8 Å². The van der Waals surface area contributed by atoms with Gasteiger partial charge in [0, 0.05) is 6.54 Å². The van der Waals surface area contributed by atoms with E-state index in [1.807, 2.05) is 0 Å². The van der Waals surface area contributed by atoms with Gasteiger partial charge >= 0.3 is 6.03 Å². The molecular formula is C11H17N3O3. The van der Waals surface area contributed by atoms with Gasteiger partial charge in [0.2, 0.25) is 5.91 Å². The SMILES string of the molecule is CCNC(=O)N[C@@H](C)C(=O)NCc1ccco1. The van der Waals surface area contributed by atoms with Gasteiger partial charge in [0.25, 0.3) is 0 Å². The molecule has 0 saturated carbocycles. The Hall–Kier alpha value is -1.98. The zero-order chi connectivity index (χ0) is 12.7. The number of rotatable bonds is 5. The molecular weight excluding hydrogens is 222 g/mol. The van der Waals surface area contributed by atoms with Crippen molar-refractivity contribution in [1.82, 2.24) is 16.0 Å². The Bertz CT molecular complexity index is 362. The van der Waals surface area contributed by atoms with Gasteiger partial charge in [-0.2, -0.15) is 0 Å². The van der Waals surface area contributed by atoms with E-state index in [2.05, 4.69) is 16.0 Å². The highest BCUT2D eigenvalue weighted by atomic mass is 16.3. The molecule has 0 aliphatic heterocycles. The van der Waals surface area contributed by atoms with Crippen LogP contribution in [0.15, 0.2) is 22.8 Å². The number of hydrogen-bond acceptors (Lipinski definition) is 3. The highest BCUT2D eigenvalue weighted by molar-refractivity contribution is 5.86. The predicted molar refractivity (Wildman–Crippen MR) is 62.2 cm³/mol. The summed E-state index contributed by atoms with van der Waals surface area (Å²) in [5, 5.41) is 7.73. The van der Waals surface area contributed by atoms with Crippen molar-refractivity contribution in [1.29, 1.82) is 0 Å². The highest BCUT2D eigenvalue weighted by Gasteiger charge is 2.14. The molecule has 3 amide bonds. The Morgan fingerprint density at radius 2 is 2.18 bits per heavy atom. The number of amides is 3. The van der Waals surface area contributed by atoms with Gasteiger partial charge in [0.1, 0.15) is 11.8 Å². The fourth-order valence-corrected chi connectivity index (χ4v) is 1.21. The van der Waals surface area contributed by atoms with Crippen LogP contribution in [0, 0.1) is 0 Å². The Morgan fingerprint density at radius 1 is 1.41 bits per heavy atom. The minimum absolute atomic E-state index is 0.257. The van der Waals surface area contributed by atoms with Crippen LogP contribution in [-0.4, -0.2) is 24.5 Å². The summed E-state index contributed by atoms with van der Waals surface area (Å²) in [6.45, 7) is 4.26. The zero-order valence-electron chi connectivity index (χ0n) is 9.95. The minimum Gasteiger partial charge on any atom is -0.467 e. The third-order valence-corrected chi connectivity index (χ3v) is 2.10. The lowest BCUT2D eigenvalue weighted by molar-refractivity contribution is -0.122. The minimum atomic E-state index is -0.587. The molecule has 1 heterocycles. The monoisotopic (exact) mass is 239 g/mol. The fraction of sp³-hybridized carbons (Fsp3) is 0.455. The topological polar surface area (TPSA) is 83.4 Å². The van der Waals surface area contributed by atoms with E-state index in [1.165, 1.54) is 6.26 Å². The molecule has 1 aromatic rings. The van der Waals surface area contributed by atoms with Crippen LogP contribution in [-0.2, 0) is 11.3 Å². The van der Waals surface area contributed by atoms with Crippen molar-refractivity contribution in [3.8, 4) is 0 Å². The molecule has 0 saturated heterocycles. The molecule has 0 aliphatic carbocycles. The van der Waals surface area contributed by atoms with Crippen LogP contribution in [0.3, 0.4) is 0 Å². The van der Waals surface area contributed by atoms with Crippen LogP contribution in [0.2, 0.25) is 0 Å². The van der Waals surface area contributed by atoms with Gasteiger partial charge in [-0.05, 0) is 26.0 Å². The van der Waals surface area contributed by atoms with Crippen molar-refractivity contribution in [2.75, 3.05) is 6.54 Å². The summed E-state index contributed by atoms with van der Waals surface area (Å²) < 4.78 is 5.07. The van der Waals surface area contributed by atoms with Crippen molar-refractivity contribution >= 4 is 11.9 Å². The molecule has 0 bridgehead atoms. The normalized spacial score (nSPS) is 11.6. The van der Waals surface area contributed by atoms with Crippen molar-refractivity contribution in [3.05, 3.63) is 24.2 Å². The first-order chi connectivity index (χ1) is 8.13. The molecule has 6 nitrogen and oxygen atoms in total. The van der Waals surface area contributed by atoms with Crippen molar-refractivity contribution in [3.63, 3.8) is 0 Å². The average molecular weight is 239 g/mol. The molecule has 0 aliphatic rings. The largest absolute Gasteiger partial charge is 0.467 e. The van der Waals surface area contributed by atoms with Gasteiger partial charge in [-0.3, -0.25) is 4.79 Å². The van der Waals surface area contributed by atoms with Crippen LogP contribution in [0.1, 0.15) is 19.6 Å². The molecule has 3 N–H and O–H groups in total. The molecule has 0 fully saturated rings. The van der Waals surface area contributed by atoms with Crippen molar-refractivity contribution < 1.29 is 14.0 Å². The average Bonchev–Trinajstić information content (AvgIpc) is 2.78. The summed E-state index contributed by atoms with van der Waals surface area (Å²) in [7, 11) is 0. The lowest BCUT2D eigenvalue weighted by Crippen LogP contribution is -2.48. The van der Waals surface area contributed by atoms with E-state index in [0.29, 0.717) is 18.8 Å². The summed E-state index contributed by atoms with van der Waals surface area (Å²) in [4.78, 5) is 22.8. The summed E-state index contributed by atoms with van der Waals surface area (Å²) in [5.74, 6) is 0.413. The Morgan fingerprint density at radius 3 is 2.76 bits per heavy atom. The second-order valence-electron chi connectivity index (χ2n) is 3.52. The van der Waals surface area contributed by atoms with Crippen molar-refractivity contribution in [2.45, 2.75) is 26.4 Å². The van der Waals surface area contributed by atoms with Crippen LogP contribution in [0.25, 0.3) is 0 Å². The molecule has 0 radical (unpaired) electrons. The molecule has 94 valence electrons. The van der Waals surface area contributed by atoms with E-state index in [0.717, 1.165) is 0 Å². The third kappa shape index (κ3) is 4.58. The Labute approximate surface area is 99.8 Å². The smallest absolute Gasteiger partial charge is 0.315 e. The maximum Gasteiger partial charge on any atom is 0.315 e. The van der Waals surface area contributed by atoms with E-state index in [9.17, 15) is 9.59 Å². The van der Waals surface area contributed by atoms with E-state index >= 15 is 0 Å². The number of urea groups is 1. The first-order valence-corrected chi connectivity index (χ1v) is 5.48. The number of carbonyl (C=O) groups excluding carboxylic acids is 2. The maximum atomic E-state index is 11.6. The number of furan rings is 1. The van der Waals surface area contributed by atoms with Crippen molar-refractivity contribution in [2.24, 2.45) is 0 Å². The first kappa shape index (κ1) is 13.1. The van der Waals surface area contributed by atoms with Crippen LogP contribution in [0.5, 0.6) is 0 Å². The highest BCUT2D eigenvalue weighted by Crippen LogP contribution is 1.98. The van der Waals surface area contributed by atoms with E-state index in [1.54, 1.807) is 26.0 Å². The molecule has 1 aromatic heterocycles. The van der Waals surface area contributed by atoms with Gasteiger partial charge < -0.3 is 20.4 Å². The van der Waals surface area contributed by atoms with Crippen LogP contribution >= 0.6 is 0 Å². The van der Waals surface area contributed by atoms with Gasteiger partial charge in [-0.15, -0.1) is 0 Å². The third-order valence-electron chi connectivity index (χ3n) is 2.10. The lowest BCUT2D eigenvalue weighted by Gasteiger charge is -2.13. The first-order valence-electron chi connectivity index (χ1n) is 5.48. The van der Waals surface area contributed by atoms with Gasteiger partial charge in [-0.25, -0.2) is 4.79 Å². The van der Waals surface area contributed by atoms with E-state index < -0.39 is 6.04 Å². The second-order valence-corrected chi connectivity index (χ2v) is 3.52. The van der Waals surface area contributed by atoms with Crippen LogP contribution in [0.4, 0.5) is 4.79 Å². The second kappa shape index (κ2) is 6.57. The number of hydrogen-bond donors (Lipinski definition) is 3. The standard InChI is InChI=1S/C11H17N3O3/c1-3-12-11(16)14-8(2)10(15)13-7-9-5-4-6-17-9/h4-6,8H,3,7H2,1-2H3,(H,13,15)(H2,12,14,16)/t8-/m0/s1. The predicted octanol–water partition coefficient (Wildman–Crippen LogP) is 0.603. The molecule has 0 spiro atoms. The molecule has 17 heavy (non-hydrogen) atoms. The molecule has 0 aromatic carbocycles. The van der Waals surface area contributed by atoms with E-state index in [4.69, 9.17) is 4.42 Å². The summed E-state index contributed by atoms with van der Waals surface area (Å²) in [6, 6.07) is 2.57. The number of nitrogens with one attached hydrogen (secondary N) is 3. The van der Waals surface area contributed by atoms with E-state index in [-0.39, 0.29) is 11.9 Å². The maximum absolute atomic E-state index is 11.6. The lowest BCUT2D eigenvalue weighted by atomic mass is 10.3. The summed E-state index contributed by atoms with van der Waals surface area (Å²) >= 11 is 0. The Balaban J connectivity index is 2.29.